The summed E-state index contributed by atoms with van der Waals surface area (Å²) in [5.74, 6) is 0.779. The van der Waals surface area contributed by atoms with E-state index in [1.807, 2.05) is 13.0 Å². The van der Waals surface area contributed by atoms with Gasteiger partial charge in [0.15, 0.2) is 5.16 Å². The van der Waals surface area contributed by atoms with Crippen LogP contribution in [0.1, 0.15) is 28.9 Å². The van der Waals surface area contributed by atoms with E-state index in [-0.39, 0.29) is 5.56 Å². The van der Waals surface area contributed by atoms with E-state index < -0.39 is 0 Å². The molecule has 1 aliphatic carbocycles. The van der Waals surface area contributed by atoms with Crippen LogP contribution in [0.2, 0.25) is 0 Å². The summed E-state index contributed by atoms with van der Waals surface area (Å²) in [7, 11) is 0. The van der Waals surface area contributed by atoms with E-state index in [4.69, 9.17) is 0 Å². The van der Waals surface area contributed by atoms with Crippen LogP contribution in [0.5, 0.6) is 0 Å². The fraction of sp³-hybridized carbons (Fsp3) is 0.357. The molecule has 1 aliphatic rings. The number of aromatic nitrogens is 3. The van der Waals surface area contributed by atoms with Gasteiger partial charge in [-0.1, -0.05) is 17.8 Å². The van der Waals surface area contributed by atoms with Crippen LogP contribution in [0.25, 0.3) is 0 Å². The average Bonchev–Trinajstić information content (AvgIpc) is 2.87. The molecule has 0 saturated heterocycles. The fourth-order valence-corrected chi connectivity index (χ4v) is 3.24. The molecule has 1 N–H and O–H groups in total. The van der Waals surface area contributed by atoms with E-state index in [2.05, 4.69) is 21.0 Å². The summed E-state index contributed by atoms with van der Waals surface area (Å²) in [6.45, 7) is 1.99. The maximum Gasteiger partial charge on any atom is 0.254 e. The molecule has 0 spiro atoms. The summed E-state index contributed by atoms with van der Waals surface area (Å²) in [5.41, 5.74) is 4.10. The molecule has 0 aliphatic heterocycles. The van der Waals surface area contributed by atoms with Gasteiger partial charge in [-0.3, -0.25) is 9.78 Å². The summed E-state index contributed by atoms with van der Waals surface area (Å²) >= 11 is 1.56. The van der Waals surface area contributed by atoms with E-state index in [1.54, 1.807) is 18.0 Å². The highest BCUT2D eigenvalue weighted by Crippen LogP contribution is 2.22. The number of fused-ring (bicyclic) bond motifs is 1. The van der Waals surface area contributed by atoms with Crippen molar-refractivity contribution in [2.45, 2.75) is 37.1 Å². The molecule has 0 radical (unpaired) electrons. The molecule has 0 saturated carbocycles. The van der Waals surface area contributed by atoms with Crippen LogP contribution in [0, 0.1) is 6.92 Å². The number of H-pyrrole nitrogens is 1. The van der Waals surface area contributed by atoms with Gasteiger partial charge in [0.2, 0.25) is 0 Å². The number of pyridine rings is 1. The Bertz CT molecular complexity index is 666. The SMILES string of the molecule is Cc1ncccc1CSc1nc2c(c(=O)[nH]1)CCC2. The molecule has 5 heteroatoms. The molecule has 0 unspecified atom stereocenters. The molecule has 19 heavy (non-hydrogen) atoms. The van der Waals surface area contributed by atoms with Gasteiger partial charge in [-0.2, -0.15) is 0 Å². The highest BCUT2D eigenvalue weighted by atomic mass is 32.2. The standard InChI is InChI=1S/C14H15N3OS/c1-9-10(4-3-7-15-9)8-19-14-16-12-6-2-5-11(12)13(18)17-14/h3-4,7H,2,5-6,8H2,1H3,(H,16,17,18). The van der Waals surface area contributed by atoms with E-state index in [0.29, 0.717) is 5.16 Å². The number of hydrogen-bond acceptors (Lipinski definition) is 4. The molecular weight excluding hydrogens is 258 g/mol. The van der Waals surface area contributed by atoms with Crippen molar-refractivity contribution in [3.8, 4) is 0 Å². The summed E-state index contributed by atoms with van der Waals surface area (Å²) in [5, 5.41) is 0.717. The Morgan fingerprint density at radius 1 is 1.42 bits per heavy atom. The zero-order valence-corrected chi connectivity index (χ0v) is 11.6. The molecule has 3 rings (SSSR count). The number of aromatic amines is 1. The first-order valence-corrected chi connectivity index (χ1v) is 7.38. The van der Waals surface area contributed by atoms with Crippen LogP contribution in [0.15, 0.2) is 28.3 Å². The highest BCUT2D eigenvalue weighted by Gasteiger charge is 2.17. The average molecular weight is 273 g/mol. The minimum Gasteiger partial charge on any atom is -0.301 e. The van der Waals surface area contributed by atoms with Crippen LogP contribution in [0.4, 0.5) is 0 Å². The second-order valence-corrected chi connectivity index (χ2v) is 5.65. The van der Waals surface area contributed by atoms with E-state index in [1.165, 1.54) is 5.56 Å². The van der Waals surface area contributed by atoms with Gasteiger partial charge < -0.3 is 4.98 Å². The monoisotopic (exact) mass is 273 g/mol. The normalized spacial score (nSPS) is 13.5. The summed E-state index contributed by atoms with van der Waals surface area (Å²) < 4.78 is 0. The lowest BCUT2D eigenvalue weighted by Crippen LogP contribution is -2.14. The first-order valence-electron chi connectivity index (χ1n) is 6.39. The predicted octanol–water partition coefficient (Wildman–Crippen LogP) is 2.25. The molecule has 0 atom stereocenters. The van der Waals surface area contributed by atoms with Crippen molar-refractivity contribution in [3.63, 3.8) is 0 Å². The van der Waals surface area contributed by atoms with Crippen LogP contribution in [0.3, 0.4) is 0 Å². The van der Waals surface area contributed by atoms with Crippen molar-refractivity contribution in [1.29, 1.82) is 0 Å². The Morgan fingerprint density at radius 2 is 2.32 bits per heavy atom. The lowest BCUT2D eigenvalue weighted by atomic mass is 10.2. The number of aryl methyl sites for hydroxylation is 2. The third kappa shape index (κ3) is 2.56. The van der Waals surface area contributed by atoms with Crippen molar-refractivity contribution in [3.05, 3.63) is 51.2 Å². The fourth-order valence-electron chi connectivity index (χ4n) is 2.30. The molecule has 0 fully saturated rings. The molecule has 0 amide bonds. The second kappa shape index (κ2) is 5.17. The first-order chi connectivity index (χ1) is 9.24. The molecule has 0 aromatic carbocycles. The lowest BCUT2D eigenvalue weighted by molar-refractivity contribution is 0.869. The quantitative estimate of drug-likeness (QED) is 0.688. The van der Waals surface area contributed by atoms with Gasteiger partial charge >= 0.3 is 0 Å². The number of thioether (sulfide) groups is 1. The van der Waals surface area contributed by atoms with Gasteiger partial charge in [-0.05, 0) is 37.8 Å². The van der Waals surface area contributed by atoms with E-state index >= 15 is 0 Å². The number of nitrogens with one attached hydrogen (secondary N) is 1. The van der Waals surface area contributed by atoms with Crippen molar-refractivity contribution in [1.82, 2.24) is 15.0 Å². The van der Waals surface area contributed by atoms with Crippen LogP contribution in [-0.2, 0) is 18.6 Å². The van der Waals surface area contributed by atoms with E-state index in [9.17, 15) is 4.79 Å². The van der Waals surface area contributed by atoms with Gasteiger partial charge in [-0.15, -0.1) is 0 Å². The Hall–Kier alpha value is -1.62. The van der Waals surface area contributed by atoms with Gasteiger partial charge in [-0.25, -0.2) is 4.98 Å². The highest BCUT2D eigenvalue weighted by molar-refractivity contribution is 7.98. The van der Waals surface area contributed by atoms with Crippen LogP contribution < -0.4 is 5.56 Å². The Labute approximate surface area is 115 Å². The van der Waals surface area contributed by atoms with Gasteiger partial charge in [0, 0.05) is 23.2 Å². The van der Waals surface area contributed by atoms with Gasteiger partial charge in [0.25, 0.3) is 5.56 Å². The Kier molecular flexibility index (Phi) is 3.38. The minimum absolute atomic E-state index is 0.0351. The van der Waals surface area contributed by atoms with Gasteiger partial charge in [0.05, 0.1) is 5.69 Å². The number of nitrogens with zero attached hydrogens (tertiary/aromatic N) is 2. The van der Waals surface area contributed by atoms with Gasteiger partial charge in [0.1, 0.15) is 0 Å². The molecular formula is C14H15N3OS. The number of hydrogen-bond donors (Lipinski definition) is 1. The Morgan fingerprint density at radius 3 is 3.16 bits per heavy atom. The van der Waals surface area contributed by atoms with Crippen molar-refractivity contribution >= 4 is 11.8 Å². The molecule has 0 bridgehead atoms. The summed E-state index contributed by atoms with van der Waals surface area (Å²) in [4.78, 5) is 23.6. The zero-order chi connectivity index (χ0) is 13.2. The maximum atomic E-state index is 11.9. The topological polar surface area (TPSA) is 58.6 Å². The molecule has 2 heterocycles. The minimum atomic E-state index is 0.0351. The Balaban J connectivity index is 1.80. The molecule has 2 aromatic rings. The van der Waals surface area contributed by atoms with Crippen molar-refractivity contribution in [2.24, 2.45) is 0 Å². The second-order valence-electron chi connectivity index (χ2n) is 4.69. The van der Waals surface area contributed by atoms with Crippen LogP contribution >= 0.6 is 11.8 Å². The predicted molar refractivity (Wildman–Crippen MR) is 75.4 cm³/mol. The third-order valence-corrected chi connectivity index (χ3v) is 4.32. The van der Waals surface area contributed by atoms with Crippen molar-refractivity contribution < 1.29 is 0 Å². The molecule has 4 nitrogen and oxygen atoms in total. The van der Waals surface area contributed by atoms with Crippen molar-refractivity contribution in [2.75, 3.05) is 0 Å². The largest absolute Gasteiger partial charge is 0.301 e. The van der Waals surface area contributed by atoms with E-state index in [0.717, 1.165) is 42.0 Å². The lowest BCUT2D eigenvalue weighted by Gasteiger charge is -2.05. The summed E-state index contributed by atoms with van der Waals surface area (Å²) in [6.07, 6.45) is 4.63. The van der Waals surface area contributed by atoms with Crippen LogP contribution in [-0.4, -0.2) is 15.0 Å². The molecule has 98 valence electrons. The smallest absolute Gasteiger partial charge is 0.254 e. The maximum absolute atomic E-state index is 11.9. The number of rotatable bonds is 3. The zero-order valence-electron chi connectivity index (χ0n) is 10.8. The summed E-state index contributed by atoms with van der Waals surface area (Å²) in [6, 6.07) is 3.99. The first kappa shape index (κ1) is 12.4. The molecule has 2 aromatic heterocycles. The third-order valence-electron chi connectivity index (χ3n) is 3.40.